The molecule has 0 saturated carbocycles. The predicted molar refractivity (Wildman–Crippen MR) is 91.6 cm³/mol. The van der Waals surface area contributed by atoms with Gasteiger partial charge in [-0.1, -0.05) is 0 Å². The Bertz CT molecular complexity index is 612. The Balaban J connectivity index is 1.69. The zero-order valence-corrected chi connectivity index (χ0v) is 14.5. The number of aliphatic hydroxyl groups excluding tert-OH is 2. The first-order chi connectivity index (χ1) is 12.0. The smallest absolute Gasteiger partial charge is 0.246 e. The molecule has 1 aromatic heterocycles. The van der Waals surface area contributed by atoms with Gasteiger partial charge in [-0.05, 0) is 12.5 Å². The van der Waals surface area contributed by atoms with E-state index in [1.807, 2.05) is 13.2 Å². The standard InChI is InChI=1S/C17H26N4O4/c1-19-11-13(10-18-19)2-3-16(23)21-5-4-15(22)17(24)14(12-21)20-6-8-25-9-7-20/h2-3,10-11,14-15,17,22,24H,4-9,12H2,1H3/t14-,15-,17+/m1/s1. The summed E-state index contributed by atoms with van der Waals surface area (Å²) in [5, 5.41) is 24.7. The lowest BCUT2D eigenvalue weighted by atomic mass is 10.0. The van der Waals surface area contributed by atoms with E-state index in [1.165, 1.54) is 6.08 Å². The summed E-state index contributed by atoms with van der Waals surface area (Å²) in [6.07, 6.45) is 5.46. The minimum absolute atomic E-state index is 0.122. The van der Waals surface area contributed by atoms with E-state index in [0.717, 1.165) is 5.56 Å². The van der Waals surface area contributed by atoms with Crippen molar-refractivity contribution in [3.63, 3.8) is 0 Å². The van der Waals surface area contributed by atoms with Gasteiger partial charge in [0, 0.05) is 51.1 Å². The molecule has 2 fully saturated rings. The third-order valence-corrected chi connectivity index (χ3v) is 4.86. The summed E-state index contributed by atoms with van der Waals surface area (Å²) in [4.78, 5) is 16.4. The highest BCUT2D eigenvalue weighted by molar-refractivity contribution is 5.91. The fraction of sp³-hybridized carbons (Fsp3) is 0.647. The summed E-state index contributed by atoms with van der Waals surface area (Å²) in [5.41, 5.74) is 0.857. The molecule has 0 unspecified atom stereocenters. The Labute approximate surface area is 147 Å². The van der Waals surface area contributed by atoms with Crippen LogP contribution in [0.15, 0.2) is 18.5 Å². The van der Waals surface area contributed by atoms with Crippen LogP contribution in [0.4, 0.5) is 0 Å². The summed E-state index contributed by atoms with van der Waals surface area (Å²) in [5.74, 6) is -0.122. The maximum atomic E-state index is 12.6. The zero-order valence-electron chi connectivity index (χ0n) is 14.5. The topological polar surface area (TPSA) is 91.1 Å². The van der Waals surface area contributed by atoms with Crippen molar-refractivity contribution in [3.8, 4) is 0 Å². The molecule has 0 bridgehead atoms. The van der Waals surface area contributed by atoms with Crippen molar-refractivity contribution in [1.29, 1.82) is 0 Å². The van der Waals surface area contributed by atoms with Crippen LogP contribution in [0.3, 0.4) is 0 Å². The average molecular weight is 350 g/mol. The lowest BCUT2D eigenvalue weighted by Crippen LogP contribution is -2.55. The minimum atomic E-state index is -0.863. The van der Waals surface area contributed by atoms with Crippen LogP contribution in [-0.2, 0) is 16.6 Å². The van der Waals surface area contributed by atoms with Crippen molar-refractivity contribution in [1.82, 2.24) is 19.6 Å². The normalized spacial score (nSPS) is 29.1. The number of aryl methyl sites for hydroxylation is 1. The molecular weight excluding hydrogens is 324 g/mol. The van der Waals surface area contributed by atoms with Crippen LogP contribution in [0.25, 0.3) is 6.08 Å². The second-order valence-electron chi connectivity index (χ2n) is 6.63. The Morgan fingerprint density at radius 3 is 2.76 bits per heavy atom. The fourth-order valence-corrected chi connectivity index (χ4v) is 3.38. The second kappa shape index (κ2) is 8.09. The van der Waals surface area contributed by atoms with Crippen LogP contribution in [0.2, 0.25) is 0 Å². The van der Waals surface area contributed by atoms with Crippen molar-refractivity contribution in [2.45, 2.75) is 24.7 Å². The molecule has 0 aromatic carbocycles. The minimum Gasteiger partial charge on any atom is -0.390 e. The quantitative estimate of drug-likeness (QED) is 0.686. The summed E-state index contributed by atoms with van der Waals surface area (Å²) in [6, 6.07) is -0.280. The van der Waals surface area contributed by atoms with Crippen molar-refractivity contribution >= 4 is 12.0 Å². The van der Waals surface area contributed by atoms with E-state index < -0.39 is 12.2 Å². The van der Waals surface area contributed by atoms with E-state index in [1.54, 1.807) is 21.9 Å². The van der Waals surface area contributed by atoms with E-state index >= 15 is 0 Å². The van der Waals surface area contributed by atoms with Gasteiger partial charge in [-0.3, -0.25) is 14.4 Å². The first-order valence-electron chi connectivity index (χ1n) is 8.68. The number of nitrogens with zero attached hydrogens (tertiary/aromatic N) is 4. The molecule has 2 aliphatic heterocycles. The van der Waals surface area contributed by atoms with E-state index in [-0.39, 0.29) is 11.9 Å². The van der Waals surface area contributed by atoms with Crippen LogP contribution in [0, 0.1) is 0 Å². The maximum absolute atomic E-state index is 12.6. The molecule has 2 saturated heterocycles. The molecule has 0 radical (unpaired) electrons. The van der Waals surface area contributed by atoms with Gasteiger partial charge in [0.15, 0.2) is 0 Å². The van der Waals surface area contributed by atoms with Crippen LogP contribution in [-0.4, -0.2) is 93.3 Å². The highest BCUT2D eigenvalue weighted by Gasteiger charge is 2.37. The largest absolute Gasteiger partial charge is 0.390 e. The number of ether oxygens (including phenoxy) is 1. The molecule has 3 heterocycles. The molecule has 138 valence electrons. The Morgan fingerprint density at radius 2 is 2.08 bits per heavy atom. The number of hydrogen-bond donors (Lipinski definition) is 2. The molecule has 3 rings (SSSR count). The number of amides is 1. The molecule has 1 amide bonds. The SMILES string of the molecule is Cn1cc(C=CC(=O)N2CC[C@@H](O)[C@@H](O)[C@H](N3CCOCC3)C2)cn1. The molecule has 8 nitrogen and oxygen atoms in total. The van der Waals surface area contributed by atoms with Gasteiger partial charge in [0.05, 0.1) is 37.7 Å². The number of rotatable bonds is 3. The van der Waals surface area contributed by atoms with Gasteiger partial charge in [0.25, 0.3) is 0 Å². The third-order valence-electron chi connectivity index (χ3n) is 4.86. The summed E-state index contributed by atoms with van der Waals surface area (Å²) < 4.78 is 7.04. The maximum Gasteiger partial charge on any atom is 0.246 e. The number of likely N-dealkylation sites (tertiary alicyclic amines) is 1. The first kappa shape index (κ1) is 18.1. The van der Waals surface area contributed by atoms with E-state index in [0.29, 0.717) is 45.8 Å². The average Bonchev–Trinajstić information content (AvgIpc) is 2.98. The number of aliphatic hydroxyl groups is 2. The highest BCUT2D eigenvalue weighted by Crippen LogP contribution is 2.19. The summed E-state index contributed by atoms with van der Waals surface area (Å²) in [6.45, 7) is 3.43. The zero-order chi connectivity index (χ0) is 17.8. The Kier molecular flexibility index (Phi) is 5.85. The van der Waals surface area contributed by atoms with Crippen molar-refractivity contribution in [3.05, 3.63) is 24.0 Å². The molecule has 2 N–H and O–H groups in total. The lowest BCUT2D eigenvalue weighted by molar-refractivity contribution is -0.127. The fourth-order valence-electron chi connectivity index (χ4n) is 3.38. The molecule has 2 aliphatic rings. The van der Waals surface area contributed by atoms with E-state index in [4.69, 9.17) is 4.74 Å². The molecule has 25 heavy (non-hydrogen) atoms. The van der Waals surface area contributed by atoms with Gasteiger partial charge in [0.1, 0.15) is 0 Å². The molecular formula is C17H26N4O4. The third kappa shape index (κ3) is 4.46. The van der Waals surface area contributed by atoms with Crippen molar-refractivity contribution < 1.29 is 19.7 Å². The van der Waals surface area contributed by atoms with Crippen molar-refractivity contribution in [2.24, 2.45) is 7.05 Å². The monoisotopic (exact) mass is 350 g/mol. The van der Waals surface area contributed by atoms with Gasteiger partial charge < -0.3 is 19.8 Å². The number of carbonyl (C=O) groups excluding carboxylic acids is 1. The predicted octanol–water partition coefficient (Wildman–Crippen LogP) is -0.912. The van der Waals surface area contributed by atoms with Crippen LogP contribution in [0.5, 0.6) is 0 Å². The Hall–Kier alpha value is -1.74. The summed E-state index contributed by atoms with van der Waals surface area (Å²) in [7, 11) is 1.82. The Morgan fingerprint density at radius 1 is 1.32 bits per heavy atom. The van der Waals surface area contributed by atoms with Crippen LogP contribution in [0.1, 0.15) is 12.0 Å². The van der Waals surface area contributed by atoms with Gasteiger partial charge in [0.2, 0.25) is 5.91 Å². The first-order valence-corrected chi connectivity index (χ1v) is 8.68. The molecule has 0 aliphatic carbocycles. The second-order valence-corrected chi connectivity index (χ2v) is 6.63. The summed E-state index contributed by atoms with van der Waals surface area (Å²) >= 11 is 0. The molecule has 3 atom stereocenters. The molecule has 0 spiro atoms. The van der Waals surface area contributed by atoms with Crippen molar-refractivity contribution in [2.75, 3.05) is 39.4 Å². The van der Waals surface area contributed by atoms with E-state index in [9.17, 15) is 15.0 Å². The number of morpholine rings is 1. The highest BCUT2D eigenvalue weighted by atomic mass is 16.5. The van der Waals surface area contributed by atoms with E-state index in [2.05, 4.69) is 10.00 Å². The lowest BCUT2D eigenvalue weighted by Gasteiger charge is -2.38. The van der Waals surface area contributed by atoms with Gasteiger partial charge >= 0.3 is 0 Å². The van der Waals surface area contributed by atoms with Crippen LogP contribution < -0.4 is 0 Å². The number of aromatic nitrogens is 2. The van der Waals surface area contributed by atoms with Gasteiger partial charge in [-0.2, -0.15) is 5.10 Å². The molecule has 8 heteroatoms. The van der Waals surface area contributed by atoms with Gasteiger partial charge in [-0.25, -0.2) is 0 Å². The number of hydrogen-bond acceptors (Lipinski definition) is 6. The molecule has 1 aromatic rings. The number of carbonyl (C=O) groups is 1. The van der Waals surface area contributed by atoms with Gasteiger partial charge in [-0.15, -0.1) is 0 Å². The van der Waals surface area contributed by atoms with Crippen LogP contribution >= 0.6 is 0 Å².